The van der Waals surface area contributed by atoms with Crippen molar-refractivity contribution in [2.24, 2.45) is 0 Å². The molecule has 21 heavy (non-hydrogen) atoms. The normalized spacial score (nSPS) is 9.95. The van der Waals surface area contributed by atoms with Gasteiger partial charge in [-0.05, 0) is 35.4 Å². The molecule has 0 aliphatic carbocycles. The maximum absolute atomic E-state index is 13.0. The average Bonchev–Trinajstić information content (AvgIpc) is 2.45. The first kappa shape index (κ1) is 14.7. The molecule has 0 radical (unpaired) electrons. The molecule has 0 aromatic heterocycles. The molecule has 0 heterocycles. The third-order valence-electron chi connectivity index (χ3n) is 2.87. The Bertz CT molecular complexity index is 690. The lowest BCUT2D eigenvalue weighted by Crippen LogP contribution is -2.14. The van der Waals surface area contributed by atoms with Crippen LogP contribution in [0, 0.1) is 23.0 Å². The summed E-state index contributed by atoms with van der Waals surface area (Å²) in [5, 5.41) is 11.2. The minimum Gasteiger partial charge on any atom is -0.326 e. The van der Waals surface area contributed by atoms with Crippen LogP contribution in [-0.2, 0) is 17.6 Å². The molecule has 0 saturated heterocycles. The Morgan fingerprint density at radius 3 is 2.33 bits per heavy atom. The molecule has 0 atom stereocenters. The van der Waals surface area contributed by atoms with Crippen molar-refractivity contribution in [3.05, 3.63) is 65.2 Å². The zero-order valence-corrected chi connectivity index (χ0v) is 11.1. The summed E-state index contributed by atoms with van der Waals surface area (Å²) in [6.07, 6.45) is 0.264. The lowest BCUT2D eigenvalue weighted by atomic mass is 10.1. The van der Waals surface area contributed by atoms with Gasteiger partial charge < -0.3 is 5.32 Å². The van der Waals surface area contributed by atoms with Gasteiger partial charge in [0.2, 0.25) is 5.91 Å². The van der Waals surface area contributed by atoms with Crippen LogP contribution in [0.1, 0.15) is 11.1 Å². The summed E-state index contributed by atoms with van der Waals surface area (Å²) in [4.78, 5) is 11.8. The maximum Gasteiger partial charge on any atom is 0.228 e. The van der Waals surface area contributed by atoms with Crippen molar-refractivity contribution in [1.82, 2.24) is 0 Å². The number of halogens is 2. The standard InChI is InChI=1S/C16H12F2N2O/c17-14-6-3-12(9-15(14)18)10-16(21)20-13-4-1-11(2-5-13)7-8-19/h1-6,9H,7,10H2,(H,20,21). The van der Waals surface area contributed by atoms with Gasteiger partial charge in [0.15, 0.2) is 11.6 Å². The van der Waals surface area contributed by atoms with Gasteiger partial charge >= 0.3 is 0 Å². The van der Waals surface area contributed by atoms with Crippen molar-refractivity contribution < 1.29 is 13.6 Å². The Labute approximate surface area is 120 Å². The molecule has 0 saturated carbocycles. The Morgan fingerprint density at radius 2 is 1.71 bits per heavy atom. The highest BCUT2D eigenvalue weighted by molar-refractivity contribution is 5.92. The first-order valence-electron chi connectivity index (χ1n) is 6.28. The third kappa shape index (κ3) is 4.11. The molecule has 1 amide bonds. The van der Waals surface area contributed by atoms with Gasteiger partial charge in [-0.1, -0.05) is 18.2 Å². The fourth-order valence-electron chi connectivity index (χ4n) is 1.84. The van der Waals surface area contributed by atoms with E-state index < -0.39 is 11.6 Å². The van der Waals surface area contributed by atoms with Crippen molar-refractivity contribution >= 4 is 11.6 Å². The minimum absolute atomic E-state index is 0.0445. The zero-order valence-electron chi connectivity index (χ0n) is 11.1. The van der Waals surface area contributed by atoms with Crippen LogP contribution in [0.5, 0.6) is 0 Å². The van der Waals surface area contributed by atoms with E-state index in [1.807, 2.05) is 6.07 Å². The first-order valence-corrected chi connectivity index (χ1v) is 6.28. The van der Waals surface area contributed by atoms with E-state index in [4.69, 9.17) is 5.26 Å². The molecule has 0 spiro atoms. The van der Waals surface area contributed by atoms with Crippen LogP contribution >= 0.6 is 0 Å². The number of amides is 1. The van der Waals surface area contributed by atoms with E-state index in [1.54, 1.807) is 24.3 Å². The molecule has 0 bridgehead atoms. The molecule has 5 heteroatoms. The Hall–Kier alpha value is -2.74. The molecule has 2 aromatic rings. The second-order valence-electron chi connectivity index (χ2n) is 4.51. The molecule has 0 aliphatic rings. The van der Waals surface area contributed by atoms with Crippen molar-refractivity contribution in [3.8, 4) is 6.07 Å². The molecule has 2 aromatic carbocycles. The summed E-state index contributed by atoms with van der Waals surface area (Å²) < 4.78 is 25.8. The van der Waals surface area contributed by atoms with Gasteiger partial charge in [0.25, 0.3) is 0 Å². The number of carbonyl (C=O) groups excluding carboxylic acids is 1. The Balaban J connectivity index is 1.98. The van der Waals surface area contributed by atoms with E-state index in [0.717, 1.165) is 17.7 Å². The monoisotopic (exact) mass is 286 g/mol. The van der Waals surface area contributed by atoms with E-state index in [1.165, 1.54) is 6.07 Å². The minimum atomic E-state index is -0.971. The number of rotatable bonds is 4. The van der Waals surface area contributed by atoms with Gasteiger partial charge in [0.1, 0.15) is 0 Å². The number of nitrogens with zero attached hydrogens (tertiary/aromatic N) is 1. The smallest absolute Gasteiger partial charge is 0.228 e. The fraction of sp³-hybridized carbons (Fsp3) is 0.125. The van der Waals surface area contributed by atoms with Crippen LogP contribution in [0.4, 0.5) is 14.5 Å². The average molecular weight is 286 g/mol. The third-order valence-corrected chi connectivity index (χ3v) is 2.87. The van der Waals surface area contributed by atoms with E-state index in [9.17, 15) is 13.6 Å². The largest absolute Gasteiger partial charge is 0.326 e. The van der Waals surface area contributed by atoms with Crippen molar-refractivity contribution in [2.75, 3.05) is 5.32 Å². The molecule has 2 rings (SSSR count). The first-order chi connectivity index (χ1) is 10.1. The van der Waals surface area contributed by atoms with Gasteiger partial charge in [-0.25, -0.2) is 8.78 Å². The molecule has 0 aliphatic heterocycles. The van der Waals surface area contributed by atoms with Crippen LogP contribution in [0.15, 0.2) is 42.5 Å². The summed E-state index contributed by atoms with van der Waals surface area (Å²) in [5.41, 5.74) is 1.84. The van der Waals surface area contributed by atoms with Crippen LogP contribution in [-0.4, -0.2) is 5.91 Å². The van der Waals surface area contributed by atoms with E-state index in [0.29, 0.717) is 17.7 Å². The highest BCUT2D eigenvalue weighted by Crippen LogP contribution is 2.12. The van der Waals surface area contributed by atoms with Crippen LogP contribution in [0.2, 0.25) is 0 Å². The van der Waals surface area contributed by atoms with Crippen LogP contribution in [0.25, 0.3) is 0 Å². The summed E-state index contributed by atoms with van der Waals surface area (Å²) in [6.45, 7) is 0. The summed E-state index contributed by atoms with van der Waals surface area (Å²) in [7, 11) is 0. The quantitative estimate of drug-likeness (QED) is 0.938. The molecule has 0 unspecified atom stereocenters. The molecule has 3 nitrogen and oxygen atoms in total. The molecule has 0 fully saturated rings. The highest BCUT2D eigenvalue weighted by Gasteiger charge is 2.07. The summed E-state index contributed by atoms with van der Waals surface area (Å²) in [6, 6.07) is 12.3. The van der Waals surface area contributed by atoms with Gasteiger partial charge in [-0.2, -0.15) is 5.26 Å². The lowest BCUT2D eigenvalue weighted by Gasteiger charge is -2.06. The van der Waals surface area contributed by atoms with Gasteiger partial charge in [-0.15, -0.1) is 0 Å². The van der Waals surface area contributed by atoms with Crippen molar-refractivity contribution in [3.63, 3.8) is 0 Å². The van der Waals surface area contributed by atoms with Crippen LogP contribution < -0.4 is 5.32 Å². The van der Waals surface area contributed by atoms with Crippen molar-refractivity contribution in [1.29, 1.82) is 5.26 Å². The molecular formula is C16H12F2N2O. The number of nitriles is 1. The maximum atomic E-state index is 13.0. The zero-order chi connectivity index (χ0) is 15.2. The van der Waals surface area contributed by atoms with Crippen LogP contribution in [0.3, 0.4) is 0 Å². The highest BCUT2D eigenvalue weighted by atomic mass is 19.2. The number of hydrogen-bond acceptors (Lipinski definition) is 2. The number of nitrogens with one attached hydrogen (secondary N) is 1. The molecule has 1 N–H and O–H groups in total. The summed E-state index contributed by atoms with van der Waals surface area (Å²) in [5.74, 6) is -2.23. The Kier molecular flexibility index (Phi) is 4.62. The second kappa shape index (κ2) is 6.62. The van der Waals surface area contributed by atoms with E-state index in [2.05, 4.69) is 5.32 Å². The molecular weight excluding hydrogens is 274 g/mol. The fourth-order valence-corrected chi connectivity index (χ4v) is 1.84. The molecule has 106 valence electrons. The second-order valence-corrected chi connectivity index (χ2v) is 4.51. The Morgan fingerprint density at radius 1 is 1.05 bits per heavy atom. The van der Waals surface area contributed by atoms with Gasteiger partial charge in [0, 0.05) is 5.69 Å². The lowest BCUT2D eigenvalue weighted by molar-refractivity contribution is -0.115. The van der Waals surface area contributed by atoms with Gasteiger partial charge in [-0.3, -0.25) is 4.79 Å². The van der Waals surface area contributed by atoms with E-state index in [-0.39, 0.29) is 12.3 Å². The topological polar surface area (TPSA) is 52.9 Å². The summed E-state index contributed by atoms with van der Waals surface area (Å²) >= 11 is 0. The van der Waals surface area contributed by atoms with Crippen molar-refractivity contribution in [2.45, 2.75) is 12.8 Å². The predicted octanol–water partition coefficient (Wildman–Crippen LogP) is 3.21. The van der Waals surface area contributed by atoms with E-state index >= 15 is 0 Å². The number of hydrogen-bond donors (Lipinski definition) is 1. The number of anilines is 1. The number of benzene rings is 2. The SMILES string of the molecule is N#CCc1ccc(NC(=O)Cc2ccc(F)c(F)c2)cc1. The predicted molar refractivity (Wildman–Crippen MR) is 74.5 cm³/mol. The number of carbonyl (C=O) groups is 1. The van der Waals surface area contributed by atoms with Gasteiger partial charge in [0.05, 0.1) is 18.9 Å².